The number of rotatable bonds is 7. The van der Waals surface area contributed by atoms with Gasteiger partial charge in [-0.1, -0.05) is 36.4 Å². The molecule has 3 aromatic rings. The molecule has 2 N–H and O–H groups in total. The first-order valence-corrected chi connectivity index (χ1v) is 10.4. The number of hydrogen-bond donors (Lipinski definition) is 2. The van der Waals surface area contributed by atoms with Crippen molar-refractivity contribution in [2.24, 2.45) is 0 Å². The molecule has 1 heterocycles. The SMILES string of the molecule is Cc1ccc(Nc2ccc(NS(=O)(=O)CCc3ccccc3)nc2)cc1C. The van der Waals surface area contributed by atoms with Crippen molar-refractivity contribution in [1.29, 1.82) is 0 Å². The summed E-state index contributed by atoms with van der Waals surface area (Å²) in [6.45, 7) is 4.13. The molecule has 2 aromatic carbocycles. The molecule has 140 valence electrons. The Bertz CT molecular complexity index is 1000. The molecule has 3 rings (SSSR count). The Labute approximate surface area is 160 Å². The van der Waals surface area contributed by atoms with Crippen LogP contribution in [0.25, 0.3) is 0 Å². The van der Waals surface area contributed by atoms with Crippen LogP contribution in [0.1, 0.15) is 16.7 Å². The molecule has 0 amide bonds. The van der Waals surface area contributed by atoms with E-state index >= 15 is 0 Å². The zero-order valence-corrected chi connectivity index (χ0v) is 16.3. The van der Waals surface area contributed by atoms with E-state index in [9.17, 15) is 8.42 Å². The van der Waals surface area contributed by atoms with E-state index in [2.05, 4.69) is 41.0 Å². The van der Waals surface area contributed by atoms with Gasteiger partial charge in [0.05, 0.1) is 17.6 Å². The zero-order valence-electron chi connectivity index (χ0n) is 15.4. The highest BCUT2D eigenvalue weighted by atomic mass is 32.2. The maximum absolute atomic E-state index is 12.3. The monoisotopic (exact) mass is 381 g/mol. The van der Waals surface area contributed by atoms with Crippen molar-refractivity contribution in [2.45, 2.75) is 20.3 Å². The zero-order chi connectivity index (χ0) is 19.3. The molecule has 1 aromatic heterocycles. The van der Waals surface area contributed by atoms with Crippen molar-refractivity contribution >= 4 is 27.2 Å². The molecule has 0 unspecified atom stereocenters. The Morgan fingerprint density at radius 2 is 1.63 bits per heavy atom. The van der Waals surface area contributed by atoms with E-state index in [4.69, 9.17) is 0 Å². The highest BCUT2D eigenvalue weighted by Crippen LogP contribution is 2.20. The Hall–Kier alpha value is -2.86. The largest absolute Gasteiger partial charge is 0.354 e. The Morgan fingerprint density at radius 3 is 2.30 bits per heavy atom. The van der Waals surface area contributed by atoms with E-state index in [1.165, 1.54) is 11.1 Å². The molecule has 0 bridgehead atoms. The maximum atomic E-state index is 12.3. The minimum Gasteiger partial charge on any atom is -0.354 e. The number of aryl methyl sites for hydroxylation is 3. The van der Waals surface area contributed by atoms with E-state index < -0.39 is 10.0 Å². The highest BCUT2D eigenvalue weighted by molar-refractivity contribution is 7.92. The van der Waals surface area contributed by atoms with Gasteiger partial charge in [0.25, 0.3) is 0 Å². The molecule has 27 heavy (non-hydrogen) atoms. The number of sulfonamides is 1. The fraction of sp³-hybridized carbons (Fsp3) is 0.190. The number of nitrogens with one attached hydrogen (secondary N) is 2. The summed E-state index contributed by atoms with van der Waals surface area (Å²) in [4.78, 5) is 4.20. The summed E-state index contributed by atoms with van der Waals surface area (Å²) in [7, 11) is -3.45. The second-order valence-corrected chi connectivity index (χ2v) is 8.35. The van der Waals surface area contributed by atoms with Crippen LogP contribution in [0.4, 0.5) is 17.2 Å². The fourth-order valence-corrected chi connectivity index (χ4v) is 3.67. The van der Waals surface area contributed by atoms with Crippen molar-refractivity contribution in [1.82, 2.24) is 4.98 Å². The molecule has 0 saturated carbocycles. The summed E-state index contributed by atoms with van der Waals surface area (Å²) in [6.07, 6.45) is 2.08. The van der Waals surface area contributed by atoms with Gasteiger partial charge in [0.2, 0.25) is 10.0 Å². The number of benzene rings is 2. The van der Waals surface area contributed by atoms with Crippen LogP contribution in [-0.4, -0.2) is 19.2 Å². The molecule has 0 saturated heterocycles. The minimum atomic E-state index is -3.45. The number of aromatic nitrogens is 1. The van der Waals surface area contributed by atoms with E-state index in [0.717, 1.165) is 16.9 Å². The summed E-state index contributed by atoms with van der Waals surface area (Å²) >= 11 is 0. The molecule has 5 nitrogen and oxygen atoms in total. The lowest BCUT2D eigenvalue weighted by molar-refractivity contribution is 0.600. The minimum absolute atomic E-state index is 0.0152. The summed E-state index contributed by atoms with van der Waals surface area (Å²) in [5.41, 5.74) is 5.19. The third-order valence-electron chi connectivity index (χ3n) is 4.32. The van der Waals surface area contributed by atoms with Crippen molar-refractivity contribution in [3.63, 3.8) is 0 Å². The van der Waals surface area contributed by atoms with Crippen LogP contribution < -0.4 is 10.0 Å². The van der Waals surface area contributed by atoms with Gasteiger partial charge in [0.1, 0.15) is 5.82 Å². The third-order valence-corrected chi connectivity index (χ3v) is 5.58. The van der Waals surface area contributed by atoms with Crippen LogP contribution in [0.2, 0.25) is 0 Å². The maximum Gasteiger partial charge on any atom is 0.234 e. The summed E-state index contributed by atoms with van der Waals surface area (Å²) in [5, 5.41) is 3.27. The van der Waals surface area contributed by atoms with E-state index in [-0.39, 0.29) is 5.75 Å². The molecule has 0 fully saturated rings. The summed E-state index contributed by atoms with van der Waals surface area (Å²) in [5.74, 6) is 0.329. The lowest BCUT2D eigenvalue weighted by Crippen LogP contribution is -2.18. The van der Waals surface area contributed by atoms with Crippen molar-refractivity contribution in [2.75, 3.05) is 15.8 Å². The van der Waals surface area contributed by atoms with E-state index in [1.54, 1.807) is 18.3 Å². The van der Waals surface area contributed by atoms with Crippen LogP contribution >= 0.6 is 0 Å². The quantitative estimate of drug-likeness (QED) is 0.635. The molecular weight excluding hydrogens is 358 g/mol. The first-order valence-electron chi connectivity index (χ1n) is 8.76. The lowest BCUT2D eigenvalue weighted by atomic mass is 10.1. The molecule has 0 radical (unpaired) electrons. The topological polar surface area (TPSA) is 71.1 Å². The van der Waals surface area contributed by atoms with Gasteiger partial charge in [0, 0.05) is 5.69 Å². The first kappa shape index (κ1) is 18.9. The lowest BCUT2D eigenvalue weighted by Gasteiger charge is -2.10. The van der Waals surface area contributed by atoms with Gasteiger partial charge < -0.3 is 5.32 Å². The standard InChI is InChI=1S/C21H23N3O2S/c1-16-8-9-19(14-17(16)2)23-20-10-11-21(22-15-20)24-27(25,26)13-12-18-6-4-3-5-7-18/h3-11,14-15,23H,12-13H2,1-2H3,(H,22,24). The van der Waals surface area contributed by atoms with Gasteiger partial charge in [-0.05, 0) is 61.2 Å². The van der Waals surface area contributed by atoms with Gasteiger partial charge in [-0.2, -0.15) is 0 Å². The fourth-order valence-electron chi connectivity index (χ4n) is 2.62. The molecule has 0 aliphatic rings. The van der Waals surface area contributed by atoms with Crippen LogP contribution in [0, 0.1) is 13.8 Å². The van der Waals surface area contributed by atoms with Gasteiger partial charge in [-0.15, -0.1) is 0 Å². The molecule has 0 aliphatic heterocycles. The molecular formula is C21H23N3O2S. The van der Waals surface area contributed by atoms with Crippen LogP contribution in [0.5, 0.6) is 0 Å². The van der Waals surface area contributed by atoms with Crippen molar-refractivity contribution in [3.8, 4) is 0 Å². The van der Waals surface area contributed by atoms with Gasteiger partial charge in [-0.3, -0.25) is 4.72 Å². The third kappa shape index (κ3) is 5.56. The number of anilines is 3. The molecule has 0 aliphatic carbocycles. The average Bonchev–Trinajstić information content (AvgIpc) is 2.65. The number of hydrogen-bond acceptors (Lipinski definition) is 4. The Kier molecular flexibility index (Phi) is 5.76. The number of pyridine rings is 1. The van der Waals surface area contributed by atoms with Crippen LogP contribution in [0.3, 0.4) is 0 Å². The molecule has 0 spiro atoms. The molecule has 0 atom stereocenters. The Balaban J connectivity index is 1.60. The second-order valence-electron chi connectivity index (χ2n) is 6.51. The predicted molar refractivity (Wildman–Crippen MR) is 111 cm³/mol. The Morgan fingerprint density at radius 1 is 0.889 bits per heavy atom. The second kappa shape index (κ2) is 8.22. The van der Waals surface area contributed by atoms with Crippen molar-refractivity contribution in [3.05, 3.63) is 83.6 Å². The van der Waals surface area contributed by atoms with Gasteiger partial charge in [0.15, 0.2) is 0 Å². The van der Waals surface area contributed by atoms with Gasteiger partial charge in [-0.25, -0.2) is 13.4 Å². The van der Waals surface area contributed by atoms with Crippen LogP contribution in [-0.2, 0) is 16.4 Å². The summed E-state index contributed by atoms with van der Waals surface area (Å²) < 4.78 is 27.0. The van der Waals surface area contributed by atoms with Crippen LogP contribution in [0.15, 0.2) is 66.9 Å². The average molecular weight is 382 g/mol. The summed E-state index contributed by atoms with van der Waals surface area (Å²) in [6, 6.07) is 19.1. The van der Waals surface area contributed by atoms with E-state index in [1.807, 2.05) is 36.4 Å². The van der Waals surface area contributed by atoms with E-state index in [0.29, 0.717) is 12.2 Å². The first-order chi connectivity index (χ1) is 12.9. The van der Waals surface area contributed by atoms with Crippen molar-refractivity contribution < 1.29 is 8.42 Å². The molecule has 6 heteroatoms. The highest BCUT2D eigenvalue weighted by Gasteiger charge is 2.11. The van der Waals surface area contributed by atoms with Gasteiger partial charge >= 0.3 is 0 Å². The number of nitrogens with zero attached hydrogens (tertiary/aromatic N) is 1. The predicted octanol–water partition coefficient (Wildman–Crippen LogP) is 4.43. The smallest absolute Gasteiger partial charge is 0.234 e. The normalized spacial score (nSPS) is 11.2.